The summed E-state index contributed by atoms with van der Waals surface area (Å²) in [5, 5.41) is 2.65. The second-order valence-corrected chi connectivity index (χ2v) is 4.56. The van der Waals surface area contributed by atoms with E-state index < -0.39 is 23.6 Å². The van der Waals surface area contributed by atoms with Crippen LogP contribution in [0.4, 0.5) is 8.78 Å². The van der Waals surface area contributed by atoms with E-state index in [4.69, 9.17) is 11.6 Å². The molecule has 1 N–H and O–H groups in total. The molecule has 1 aromatic heterocycles. The number of hydrogen-bond donors (Lipinski definition) is 1. The lowest BCUT2D eigenvalue weighted by molar-refractivity contribution is 0.0939. The van der Waals surface area contributed by atoms with Crippen LogP contribution in [0, 0.1) is 11.6 Å². The fourth-order valence-electron chi connectivity index (χ4n) is 1.76. The molecule has 0 aliphatic heterocycles. The number of rotatable bonds is 3. The van der Waals surface area contributed by atoms with E-state index in [1.54, 1.807) is 13.0 Å². The number of hydrogen-bond acceptors (Lipinski definition) is 2. The van der Waals surface area contributed by atoms with Crippen LogP contribution in [0.1, 0.15) is 28.9 Å². The minimum absolute atomic E-state index is 0.0665. The van der Waals surface area contributed by atoms with Crippen molar-refractivity contribution in [2.75, 3.05) is 0 Å². The summed E-state index contributed by atoms with van der Waals surface area (Å²) in [5.74, 6) is -1.85. The molecule has 3 nitrogen and oxygen atoms in total. The highest BCUT2D eigenvalue weighted by molar-refractivity contribution is 6.32. The number of halogens is 3. The van der Waals surface area contributed by atoms with Gasteiger partial charge < -0.3 is 5.32 Å². The first-order valence-corrected chi connectivity index (χ1v) is 6.23. The molecule has 2 rings (SSSR count). The fourth-order valence-corrected chi connectivity index (χ4v) is 1.97. The lowest BCUT2D eigenvalue weighted by Crippen LogP contribution is -2.27. The third-order valence-corrected chi connectivity index (χ3v) is 3.08. The third kappa shape index (κ3) is 3.11. The van der Waals surface area contributed by atoms with Gasteiger partial charge in [-0.15, -0.1) is 0 Å². The smallest absolute Gasteiger partial charge is 0.254 e. The third-order valence-electron chi connectivity index (χ3n) is 2.78. The molecule has 1 amide bonds. The zero-order valence-corrected chi connectivity index (χ0v) is 11.3. The Morgan fingerprint density at radius 3 is 2.75 bits per heavy atom. The number of pyridine rings is 1. The zero-order valence-electron chi connectivity index (χ0n) is 10.5. The maximum Gasteiger partial charge on any atom is 0.254 e. The molecule has 0 saturated heterocycles. The second kappa shape index (κ2) is 5.96. The summed E-state index contributed by atoms with van der Waals surface area (Å²) in [6, 6.07) is 5.66. The highest BCUT2D eigenvalue weighted by Gasteiger charge is 2.17. The fraction of sp³-hybridized carbons (Fsp3) is 0.143. The number of carbonyl (C=O) groups is 1. The Labute approximate surface area is 119 Å². The molecule has 1 unspecified atom stereocenters. The van der Waals surface area contributed by atoms with Crippen molar-refractivity contribution in [3.8, 4) is 0 Å². The molecule has 0 bridgehead atoms. The molecule has 1 atom stereocenters. The second-order valence-electron chi connectivity index (χ2n) is 4.20. The minimum Gasteiger partial charge on any atom is -0.345 e. The van der Waals surface area contributed by atoms with Crippen molar-refractivity contribution in [1.82, 2.24) is 10.3 Å². The monoisotopic (exact) mass is 296 g/mol. The number of nitrogens with zero attached hydrogens (tertiary/aromatic N) is 1. The molecular formula is C14H11ClF2N2O. The zero-order chi connectivity index (χ0) is 14.7. The average Bonchev–Trinajstić information content (AvgIpc) is 2.38. The van der Waals surface area contributed by atoms with E-state index in [1.165, 1.54) is 18.3 Å². The SMILES string of the molecule is CC(NC(=O)c1cccnc1Cl)c1ccc(F)cc1F. The van der Waals surface area contributed by atoms with Gasteiger partial charge in [0.05, 0.1) is 11.6 Å². The van der Waals surface area contributed by atoms with Crippen LogP contribution in [-0.4, -0.2) is 10.9 Å². The number of carbonyl (C=O) groups excluding carboxylic acids is 1. The molecule has 0 spiro atoms. The number of amides is 1. The van der Waals surface area contributed by atoms with Gasteiger partial charge in [0.1, 0.15) is 16.8 Å². The summed E-state index contributed by atoms with van der Waals surface area (Å²) in [6.07, 6.45) is 1.46. The van der Waals surface area contributed by atoms with Crippen molar-refractivity contribution < 1.29 is 13.6 Å². The summed E-state index contributed by atoms with van der Waals surface area (Å²) in [4.78, 5) is 15.8. The maximum atomic E-state index is 13.6. The van der Waals surface area contributed by atoms with Crippen LogP contribution in [0.3, 0.4) is 0 Å². The summed E-state index contributed by atoms with van der Waals surface area (Å²) in [7, 11) is 0. The molecular weight excluding hydrogens is 286 g/mol. The van der Waals surface area contributed by atoms with Gasteiger partial charge in [-0.1, -0.05) is 17.7 Å². The van der Waals surface area contributed by atoms with Crippen molar-refractivity contribution in [2.24, 2.45) is 0 Å². The first kappa shape index (κ1) is 14.4. The Kier molecular flexibility index (Phi) is 4.29. The van der Waals surface area contributed by atoms with Crippen molar-refractivity contribution in [3.05, 3.63) is 64.4 Å². The highest BCUT2D eigenvalue weighted by Crippen LogP contribution is 2.19. The van der Waals surface area contributed by atoms with E-state index in [0.29, 0.717) is 0 Å². The van der Waals surface area contributed by atoms with Crippen LogP contribution in [-0.2, 0) is 0 Å². The summed E-state index contributed by atoms with van der Waals surface area (Å²) < 4.78 is 26.4. The van der Waals surface area contributed by atoms with E-state index in [-0.39, 0.29) is 16.3 Å². The number of aromatic nitrogens is 1. The maximum absolute atomic E-state index is 13.6. The van der Waals surface area contributed by atoms with E-state index in [2.05, 4.69) is 10.3 Å². The normalized spacial score (nSPS) is 12.0. The lowest BCUT2D eigenvalue weighted by atomic mass is 10.1. The first-order valence-electron chi connectivity index (χ1n) is 5.85. The Morgan fingerprint density at radius 2 is 2.10 bits per heavy atom. The molecule has 0 aliphatic carbocycles. The molecule has 6 heteroatoms. The highest BCUT2D eigenvalue weighted by atomic mass is 35.5. The molecule has 0 fully saturated rings. The van der Waals surface area contributed by atoms with E-state index >= 15 is 0 Å². The van der Waals surface area contributed by atoms with Crippen LogP contribution >= 0.6 is 11.6 Å². The Balaban J connectivity index is 2.17. The molecule has 1 aromatic carbocycles. The van der Waals surface area contributed by atoms with E-state index in [9.17, 15) is 13.6 Å². The van der Waals surface area contributed by atoms with Crippen molar-refractivity contribution >= 4 is 17.5 Å². The first-order chi connectivity index (χ1) is 9.49. The van der Waals surface area contributed by atoms with Gasteiger partial charge in [0.15, 0.2) is 0 Å². The van der Waals surface area contributed by atoms with Crippen LogP contribution < -0.4 is 5.32 Å². The molecule has 0 radical (unpaired) electrons. The van der Waals surface area contributed by atoms with Crippen molar-refractivity contribution in [2.45, 2.75) is 13.0 Å². The largest absolute Gasteiger partial charge is 0.345 e. The van der Waals surface area contributed by atoms with E-state index in [0.717, 1.165) is 12.1 Å². The number of benzene rings is 1. The van der Waals surface area contributed by atoms with Crippen LogP contribution in [0.2, 0.25) is 5.15 Å². The minimum atomic E-state index is -0.713. The van der Waals surface area contributed by atoms with Gasteiger partial charge in [-0.25, -0.2) is 13.8 Å². The van der Waals surface area contributed by atoms with Gasteiger partial charge in [0.2, 0.25) is 0 Å². The van der Waals surface area contributed by atoms with Gasteiger partial charge in [-0.3, -0.25) is 4.79 Å². The Morgan fingerprint density at radius 1 is 1.35 bits per heavy atom. The lowest BCUT2D eigenvalue weighted by Gasteiger charge is -2.15. The Bertz CT molecular complexity index is 649. The van der Waals surface area contributed by atoms with Gasteiger partial charge in [0, 0.05) is 17.8 Å². The average molecular weight is 297 g/mol. The Hall–Kier alpha value is -2.01. The molecule has 104 valence electrons. The molecule has 20 heavy (non-hydrogen) atoms. The predicted octanol–water partition coefficient (Wildman–Crippen LogP) is 3.50. The summed E-state index contributed by atoms with van der Waals surface area (Å²) in [5.41, 5.74) is 0.392. The van der Waals surface area contributed by atoms with Gasteiger partial charge >= 0.3 is 0 Å². The van der Waals surface area contributed by atoms with Crippen LogP contribution in [0.5, 0.6) is 0 Å². The van der Waals surface area contributed by atoms with E-state index in [1.807, 2.05) is 0 Å². The van der Waals surface area contributed by atoms with Crippen LogP contribution in [0.25, 0.3) is 0 Å². The van der Waals surface area contributed by atoms with Crippen molar-refractivity contribution in [3.63, 3.8) is 0 Å². The molecule has 0 aliphatic rings. The van der Waals surface area contributed by atoms with Gasteiger partial charge in [0.25, 0.3) is 5.91 Å². The van der Waals surface area contributed by atoms with Gasteiger partial charge in [-0.2, -0.15) is 0 Å². The predicted molar refractivity (Wildman–Crippen MR) is 71.5 cm³/mol. The van der Waals surface area contributed by atoms with Crippen molar-refractivity contribution in [1.29, 1.82) is 0 Å². The standard InChI is InChI=1S/C14H11ClF2N2O/c1-8(10-5-4-9(16)7-12(10)17)19-14(20)11-3-2-6-18-13(11)15/h2-8H,1H3,(H,19,20). The number of nitrogens with one attached hydrogen (secondary N) is 1. The molecule has 0 saturated carbocycles. The van der Waals surface area contributed by atoms with Crippen LogP contribution in [0.15, 0.2) is 36.5 Å². The summed E-state index contributed by atoms with van der Waals surface area (Å²) in [6.45, 7) is 1.60. The molecule has 2 aromatic rings. The quantitative estimate of drug-likeness (QED) is 0.881. The topological polar surface area (TPSA) is 42.0 Å². The summed E-state index contributed by atoms with van der Waals surface area (Å²) >= 11 is 5.81. The van der Waals surface area contributed by atoms with Gasteiger partial charge in [-0.05, 0) is 25.1 Å². The molecule has 1 heterocycles.